The Morgan fingerprint density at radius 1 is 1.46 bits per heavy atom. The van der Waals surface area contributed by atoms with Gasteiger partial charge in [0.1, 0.15) is 6.10 Å². The zero-order valence-corrected chi connectivity index (χ0v) is 7.95. The molecular formula is C8H16N2O3. The summed E-state index contributed by atoms with van der Waals surface area (Å²) in [6.45, 7) is 3.02. The molecule has 0 aromatic rings. The maximum atomic E-state index is 10.6. The van der Waals surface area contributed by atoms with E-state index in [1.807, 2.05) is 0 Å². The molecule has 0 aromatic heterocycles. The van der Waals surface area contributed by atoms with E-state index >= 15 is 0 Å². The fourth-order valence-corrected chi connectivity index (χ4v) is 0.927. The van der Waals surface area contributed by atoms with E-state index in [2.05, 4.69) is 0 Å². The molecule has 0 spiro atoms. The summed E-state index contributed by atoms with van der Waals surface area (Å²) >= 11 is 0. The van der Waals surface area contributed by atoms with E-state index in [0.717, 1.165) is 0 Å². The second-order valence-electron chi connectivity index (χ2n) is 3.01. The molecule has 0 fully saturated rings. The van der Waals surface area contributed by atoms with Gasteiger partial charge in [0, 0.05) is 19.4 Å². The largest absolute Gasteiger partial charge is 0.461 e. The third-order valence-corrected chi connectivity index (χ3v) is 1.58. The molecule has 0 bridgehead atoms. The van der Waals surface area contributed by atoms with Crippen LogP contribution in [0, 0.1) is 0 Å². The molecule has 5 heteroatoms. The van der Waals surface area contributed by atoms with Crippen LogP contribution in [0.15, 0.2) is 0 Å². The highest BCUT2D eigenvalue weighted by Crippen LogP contribution is 2.05. The minimum atomic E-state index is -0.426. The number of amides is 1. The zero-order chi connectivity index (χ0) is 10.4. The highest BCUT2D eigenvalue weighted by Gasteiger charge is 2.17. The monoisotopic (exact) mass is 188 g/mol. The van der Waals surface area contributed by atoms with Crippen LogP contribution in [0.2, 0.25) is 0 Å². The van der Waals surface area contributed by atoms with Crippen molar-refractivity contribution in [3.05, 3.63) is 0 Å². The van der Waals surface area contributed by atoms with Gasteiger partial charge in [0.15, 0.2) is 0 Å². The molecule has 0 aliphatic rings. The van der Waals surface area contributed by atoms with Crippen molar-refractivity contribution < 1.29 is 14.3 Å². The number of carbonyl (C=O) groups excluding carboxylic acids is 2. The van der Waals surface area contributed by atoms with Crippen LogP contribution >= 0.6 is 0 Å². The van der Waals surface area contributed by atoms with Crippen LogP contribution in [0.5, 0.6) is 0 Å². The number of esters is 1. The lowest BCUT2D eigenvalue weighted by Gasteiger charge is -2.19. The Kier molecular flexibility index (Phi) is 5.06. The normalized spacial score (nSPS) is 14.7. The van der Waals surface area contributed by atoms with Crippen LogP contribution in [0.4, 0.5) is 0 Å². The topological polar surface area (TPSA) is 95.4 Å². The molecule has 2 unspecified atom stereocenters. The van der Waals surface area contributed by atoms with Crippen molar-refractivity contribution in [1.29, 1.82) is 0 Å². The molecular weight excluding hydrogens is 172 g/mol. The van der Waals surface area contributed by atoms with Gasteiger partial charge >= 0.3 is 5.97 Å². The third kappa shape index (κ3) is 6.10. The fraction of sp³-hybridized carbons (Fsp3) is 0.750. The first kappa shape index (κ1) is 11.9. The van der Waals surface area contributed by atoms with E-state index in [-0.39, 0.29) is 12.5 Å². The predicted molar refractivity (Wildman–Crippen MR) is 47.6 cm³/mol. The molecule has 4 N–H and O–H groups in total. The molecule has 0 heterocycles. The Balaban J connectivity index is 3.95. The van der Waals surface area contributed by atoms with Crippen LogP contribution in [0.25, 0.3) is 0 Å². The van der Waals surface area contributed by atoms with Gasteiger partial charge in [-0.1, -0.05) is 0 Å². The molecule has 0 aliphatic heterocycles. The number of nitrogens with two attached hydrogens (primary N) is 2. The maximum absolute atomic E-state index is 10.6. The van der Waals surface area contributed by atoms with Crippen molar-refractivity contribution in [3.63, 3.8) is 0 Å². The summed E-state index contributed by atoms with van der Waals surface area (Å²) in [7, 11) is 0. The van der Waals surface area contributed by atoms with Crippen LogP contribution in [0.1, 0.15) is 26.7 Å². The lowest BCUT2D eigenvalue weighted by atomic mass is 10.1. The van der Waals surface area contributed by atoms with Crippen molar-refractivity contribution in [3.8, 4) is 0 Å². The van der Waals surface area contributed by atoms with Crippen molar-refractivity contribution >= 4 is 11.9 Å². The van der Waals surface area contributed by atoms with Gasteiger partial charge in [-0.15, -0.1) is 0 Å². The lowest BCUT2D eigenvalue weighted by molar-refractivity contribution is -0.148. The van der Waals surface area contributed by atoms with Crippen LogP contribution in [-0.4, -0.2) is 24.0 Å². The number of rotatable bonds is 5. The van der Waals surface area contributed by atoms with Crippen LogP contribution in [-0.2, 0) is 14.3 Å². The molecule has 1 amide bonds. The molecule has 0 rings (SSSR count). The van der Waals surface area contributed by atoms with Crippen LogP contribution in [0.3, 0.4) is 0 Å². The molecule has 2 atom stereocenters. The van der Waals surface area contributed by atoms with E-state index in [4.69, 9.17) is 16.2 Å². The summed E-state index contributed by atoms with van der Waals surface area (Å²) < 4.78 is 4.89. The first-order valence-corrected chi connectivity index (χ1v) is 4.14. The Morgan fingerprint density at radius 2 is 2.00 bits per heavy atom. The van der Waals surface area contributed by atoms with Crippen LogP contribution < -0.4 is 11.5 Å². The molecule has 76 valence electrons. The molecule has 0 aliphatic carbocycles. The predicted octanol–water partition coefficient (Wildman–Crippen LogP) is -0.469. The number of ether oxygens (including phenoxy) is 1. The number of hydrogen-bond acceptors (Lipinski definition) is 4. The minimum absolute atomic E-state index is 0.180. The summed E-state index contributed by atoms with van der Waals surface area (Å²) in [5.74, 6) is -0.815. The van der Waals surface area contributed by atoms with E-state index in [1.165, 1.54) is 6.92 Å². The van der Waals surface area contributed by atoms with Gasteiger partial charge in [0.25, 0.3) is 0 Å². The van der Waals surface area contributed by atoms with Gasteiger partial charge in [-0.25, -0.2) is 0 Å². The molecule has 0 saturated heterocycles. The summed E-state index contributed by atoms with van der Waals surface area (Å²) in [5, 5.41) is 0. The van der Waals surface area contributed by atoms with Crippen molar-refractivity contribution in [1.82, 2.24) is 0 Å². The molecule has 0 saturated carbocycles. The lowest BCUT2D eigenvalue weighted by Crippen LogP contribution is -2.36. The Hall–Kier alpha value is -1.10. The maximum Gasteiger partial charge on any atom is 0.302 e. The number of primary amides is 1. The number of carbonyl (C=O) groups is 2. The van der Waals surface area contributed by atoms with Gasteiger partial charge in [0.05, 0.1) is 0 Å². The first-order valence-electron chi connectivity index (χ1n) is 4.14. The van der Waals surface area contributed by atoms with Crippen molar-refractivity contribution in [2.24, 2.45) is 11.5 Å². The average Bonchev–Trinajstić information content (AvgIpc) is 1.96. The van der Waals surface area contributed by atoms with E-state index in [1.54, 1.807) is 6.92 Å². The second-order valence-corrected chi connectivity index (χ2v) is 3.01. The second kappa shape index (κ2) is 5.53. The van der Waals surface area contributed by atoms with Gasteiger partial charge in [0.2, 0.25) is 5.91 Å². The van der Waals surface area contributed by atoms with E-state index in [9.17, 15) is 9.59 Å². The van der Waals surface area contributed by atoms with Gasteiger partial charge in [-0.3, -0.25) is 9.59 Å². The summed E-state index contributed by atoms with van der Waals surface area (Å²) in [5.41, 5.74) is 10.5. The number of hydrogen-bond donors (Lipinski definition) is 2. The van der Waals surface area contributed by atoms with Gasteiger partial charge < -0.3 is 16.2 Å². The van der Waals surface area contributed by atoms with E-state index < -0.39 is 18.0 Å². The molecule has 0 radical (unpaired) electrons. The fourth-order valence-electron chi connectivity index (χ4n) is 0.927. The Bertz CT molecular complexity index is 192. The average molecular weight is 188 g/mol. The summed E-state index contributed by atoms with van der Waals surface area (Å²) in [6, 6.07) is -0.289. The molecule has 13 heavy (non-hydrogen) atoms. The highest BCUT2D eigenvalue weighted by atomic mass is 16.5. The van der Waals surface area contributed by atoms with Gasteiger partial charge in [-0.2, -0.15) is 0 Å². The highest BCUT2D eigenvalue weighted by molar-refractivity contribution is 5.73. The third-order valence-electron chi connectivity index (χ3n) is 1.58. The summed E-state index contributed by atoms with van der Waals surface area (Å²) in [4.78, 5) is 21.1. The molecule has 0 aromatic carbocycles. The van der Waals surface area contributed by atoms with Crippen molar-refractivity contribution in [2.45, 2.75) is 38.8 Å². The standard InChI is InChI=1S/C8H16N2O3/c1-5(9)7(13-6(2)11)3-4-8(10)12/h5,7H,3-4,9H2,1-2H3,(H2,10,12). The summed E-state index contributed by atoms with van der Waals surface area (Å²) in [6.07, 6.45) is 0.136. The van der Waals surface area contributed by atoms with Gasteiger partial charge in [-0.05, 0) is 13.3 Å². The van der Waals surface area contributed by atoms with Crippen molar-refractivity contribution in [2.75, 3.05) is 0 Å². The first-order chi connectivity index (χ1) is 5.93. The minimum Gasteiger partial charge on any atom is -0.461 e. The Labute approximate surface area is 77.4 Å². The SMILES string of the molecule is CC(=O)OC(CCC(N)=O)C(C)N. The van der Waals surface area contributed by atoms with E-state index in [0.29, 0.717) is 6.42 Å². The quantitative estimate of drug-likeness (QED) is 0.570. The zero-order valence-electron chi connectivity index (χ0n) is 7.95. The smallest absolute Gasteiger partial charge is 0.302 e. The molecule has 5 nitrogen and oxygen atoms in total. The Morgan fingerprint density at radius 3 is 2.31 bits per heavy atom.